The maximum Gasteiger partial charge on any atom is 0.119 e. The number of aliphatic hydroxyl groups is 2. The zero-order chi connectivity index (χ0) is 22.8. The van der Waals surface area contributed by atoms with Gasteiger partial charge in [-0.2, -0.15) is 0 Å². The van der Waals surface area contributed by atoms with Crippen LogP contribution in [0.3, 0.4) is 0 Å². The predicted octanol–water partition coefficient (Wildman–Crippen LogP) is 4.64. The third-order valence-corrected chi connectivity index (χ3v) is 6.48. The van der Waals surface area contributed by atoms with E-state index < -0.39 is 12.2 Å². The highest BCUT2D eigenvalue weighted by atomic mass is 16.6. The molecule has 2 aliphatic heterocycles. The van der Waals surface area contributed by atoms with E-state index in [0.717, 1.165) is 37.2 Å². The lowest BCUT2D eigenvalue weighted by Crippen LogP contribution is -2.21. The number of benzene rings is 1. The Labute approximate surface area is 193 Å². The fourth-order valence-corrected chi connectivity index (χ4v) is 4.57. The van der Waals surface area contributed by atoms with Gasteiger partial charge in [-0.25, -0.2) is 0 Å². The minimum atomic E-state index is -0.390. The summed E-state index contributed by atoms with van der Waals surface area (Å²) in [5, 5.41) is 20.4. The van der Waals surface area contributed by atoms with Crippen LogP contribution in [0.2, 0.25) is 0 Å². The second kappa shape index (κ2) is 13.4. The van der Waals surface area contributed by atoms with Crippen molar-refractivity contribution in [2.75, 3.05) is 13.2 Å². The molecule has 2 fully saturated rings. The third kappa shape index (κ3) is 7.91. The third-order valence-electron chi connectivity index (χ3n) is 6.48. The first kappa shape index (κ1) is 25.3. The monoisotopic (exact) mass is 450 g/mol. The van der Waals surface area contributed by atoms with Gasteiger partial charge >= 0.3 is 0 Å². The predicted molar refractivity (Wildman–Crippen MR) is 124 cm³/mol. The van der Waals surface area contributed by atoms with Crippen molar-refractivity contribution in [1.29, 1.82) is 0 Å². The van der Waals surface area contributed by atoms with Crippen LogP contribution in [0.4, 0.5) is 0 Å². The second-order valence-corrected chi connectivity index (χ2v) is 9.28. The average molecular weight is 451 g/mol. The number of hydrogen-bond acceptors (Lipinski definition) is 6. The zero-order valence-electron chi connectivity index (χ0n) is 19.8. The quantitative estimate of drug-likeness (QED) is 0.402. The van der Waals surface area contributed by atoms with Gasteiger partial charge in [0.25, 0.3) is 0 Å². The summed E-state index contributed by atoms with van der Waals surface area (Å²) in [6, 6.07) is 7.55. The molecule has 0 spiro atoms. The molecule has 2 aliphatic rings. The molecular formula is C26H42O6. The van der Waals surface area contributed by atoms with Crippen molar-refractivity contribution in [2.45, 2.75) is 115 Å². The van der Waals surface area contributed by atoms with Gasteiger partial charge < -0.3 is 29.2 Å². The SMILES string of the molecule is CCCCC[C@@H]1O[C@@H](COc2ccc(OC[C@H]3C[C@H](O)[C@H](CCCCC)O3)cc2)C[C@@H]1O. The molecule has 182 valence electrons. The molecular weight excluding hydrogens is 408 g/mol. The highest BCUT2D eigenvalue weighted by Crippen LogP contribution is 2.27. The van der Waals surface area contributed by atoms with Gasteiger partial charge in [-0.3, -0.25) is 0 Å². The number of rotatable bonds is 14. The zero-order valence-corrected chi connectivity index (χ0v) is 19.8. The van der Waals surface area contributed by atoms with Gasteiger partial charge in [-0.15, -0.1) is 0 Å². The maximum atomic E-state index is 10.2. The lowest BCUT2D eigenvalue weighted by Gasteiger charge is -2.16. The lowest BCUT2D eigenvalue weighted by molar-refractivity contribution is -0.0109. The summed E-state index contributed by atoms with van der Waals surface area (Å²) in [5.41, 5.74) is 0. The second-order valence-electron chi connectivity index (χ2n) is 9.28. The molecule has 32 heavy (non-hydrogen) atoms. The molecule has 6 heteroatoms. The molecule has 2 heterocycles. The van der Waals surface area contributed by atoms with Gasteiger partial charge in [-0.05, 0) is 37.1 Å². The van der Waals surface area contributed by atoms with E-state index in [9.17, 15) is 10.2 Å². The van der Waals surface area contributed by atoms with Crippen molar-refractivity contribution >= 4 is 0 Å². The molecule has 0 amide bonds. The summed E-state index contributed by atoms with van der Waals surface area (Å²) >= 11 is 0. The van der Waals surface area contributed by atoms with E-state index in [2.05, 4.69) is 13.8 Å². The minimum Gasteiger partial charge on any atom is -0.491 e. The molecule has 0 aromatic heterocycles. The fourth-order valence-electron chi connectivity index (χ4n) is 4.57. The molecule has 1 aromatic carbocycles. The van der Waals surface area contributed by atoms with Crippen LogP contribution in [-0.2, 0) is 9.47 Å². The van der Waals surface area contributed by atoms with Gasteiger partial charge in [0, 0.05) is 12.8 Å². The van der Waals surface area contributed by atoms with Crippen molar-refractivity contribution in [3.8, 4) is 11.5 Å². The topological polar surface area (TPSA) is 77.4 Å². The van der Waals surface area contributed by atoms with Crippen LogP contribution in [0.1, 0.15) is 78.1 Å². The summed E-state index contributed by atoms with van der Waals surface area (Å²) in [4.78, 5) is 0. The Kier molecular flexibility index (Phi) is 10.6. The van der Waals surface area contributed by atoms with Gasteiger partial charge in [0.1, 0.15) is 24.7 Å². The standard InChI is InChI=1S/C26H42O6/c1-3-5-7-9-25-23(27)15-21(31-25)17-29-19-11-13-20(14-12-19)30-18-22-16-24(28)26(32-22)10-8-6-4-2/h11-14,21-28H,3-10,15-18H2,1-2H3/t21-,22-,23+,24+,25+,26+/m1/s1. The molecule has 2 N–H and O–H groups in total. The highest BCUT2D eigenvalue weighted by Gasteiger charge is 2.34. The van der Waals surface area contributed by atoms with Gasteiger partial charge in [0.2, 0.25) is 0 Å². The number of ether oxygens (including phenoxy) is 4. The van der Waals surface area contributed by atoms with Gasteiger partial charge in [0.15, 0.2) is 0 Å². The average Bonchev–Trinajstić information content (AvgIpc) is 3.33. The van der Waals surface area contributed by atoms with Crippen LogP contribution in [0.15, 0.2) is 24.3 Å². The van der Waals surface area contributed by atoms with Crippen LogP contribution >= 0.6 is 0 Å². The summed E-state index contributed by atoms with van der Waals surface area (Å²) in [5.74, 6) is 1.52. The number of hydrogen-bond donors (Lipinski definition) is 2. The molecule has 1 aromatic rings. The molecule has 6 nitrogen and oxygen atoms in total. The number of unbranched alkanes of at least 4 members (excludes halogenated alkanes) is 4. The van der Waals surface area contributed by atoms with Crippen molar-refractivity contribution in [2.24, 2.45) is 0 Å². The Morgan fingerprint density at radius 2 is 1.12 bits per heavy atom. The summed E-state index contributed by atoms with van der Waals surface area (Å²) in [7, 11) is 0. The highest BCUT2D eigenvalue weighted by molar-refractivity contribution is 5.31. The van der Waals surface area contributed by atoms with Crippen molar-refractivity contribution in [3.63, 3.8) is 0 Å². The van der Waals surface area contributed by atoms with Crippen molar-refractivity contribution < 1.29 is 29.2 Å². The van der Waals surface area contributed by atoms with Crippen LogP contribution in [0.5, 0.6) is 11.5 Å². The van der Waals surface area contributed by atoms with Gasteiger partial charge in [-0.1, -0.05) is 52.4 Å². The summed E-state index contributed by atoms with van der Waals surface area (Å²) < 4.78 is 23.7. The molecule has 0 radical (unpaired) electrons. The van der Waals surface area contributed by atoms with E-state index in [-0.39, 0.29) is 24.4 Å². The van der Waals surface area contributed by atoms with E-state index >= 15 is 0 Å². The van der Waals surface area contributed by atoms with E-state index in [4.69, 9.17) is 18.9 Å². The van der Waals surface area contributed by atoms with Crippen LogP contribution in [0, 0.1) is 0 Å². The van der Waals surface area contributed by atoms with Crippen molar-refractivity contribution in [1.82, 2.24) is 0 Å². The van der Waals surface area contributed by atoms with E-state index in [1.165, 1.54) is 25.7 Å². The first-order valence-corrected chi connectivity index (χ1v) is 12.6. The molecule has 0 bridgehead atoms. The first-order chi connectivity index (χ1) is 15.6. The molecule has 0 saturated carbocycles. The lowest BCUT2D eigenvalue weighted by atomic mass is 10.1. The molecule has 2 saturated heterocycles. The summed E-state index contributed by atoms with van der Waals surface area (Å²) in [6.45, 7) is 5.23. The normalized spacial score (nSPS) is 30.0. The summed E-state index contributed by atoms with van der Waals surface area (Å²) in [6.07, 6.45) is 8.94. The Balaban J connectivity index is 1.34. The Hall–Kier alpha value is -1.34. The van der Waals surface area contributed by atoms with Crippen LogP contribution in [0.25, 0.3) is 0 Å². The molecule has 0 aliphatic carbocycles. The van der Waals surface area contributed by atoms with E-state index in [0.29, 0.717) is 26.1 Å². The van der Waals surface area contributed by atoms with Gasteiger partial charge in [0.05, 0.1) is 36.6 Å². The van der Waals surface area contributed by atoms with E-state index in [1.807, 2.05) is 24.3 Å². The fraction of sp³-hybridized carbons (Fsp3) is 0.769. The molecule has 6 atom stereocenters. The van der Waals surface area contributed by atoms with E-state index in [1.54, 1.807) is 0 Å². The molecule has 3 rings (SSSR count). The Morgan fingerprint density at radius 1 is 0.719 bits per heavy atom. The van der Waals surface area contributed by atoms with Crippen LogP contribution in [-0.4, -0.2) is 60.1 Å². The van der Waals surface area contributed by atoms with Crippen molar-refractivity contribution in [3.05, 3.63) is 24.3 Å². The Morgan fingerprint density at radius 3 is 1.50 bits per heavy atom. The smallest absolute Gasteiger partial charge is 0.119 e. The maximum absolute atomic E-state index is 10.2. The molecule has 0 unspecified atom stereocenters. The largest absolute Gasteiger partial charge is 0.491 e. The Bertz CT molecular complexity index is 581. The minimum absolute atomic E-state index is 0.0616. The van der Waals surface area contributed by atoms with Crippen LogP contribution < -0.4 is 9.47 Å². The first-order valence-electron chi connectivity index (χ1n) is 12.6. The number of aliphatic hydroxyl groups excluding tert-OH is 2.